The Hall–Kier alpha value is -1.81. The lowest BCUT2D eigenvalue weighted by Gasteiger charge is -2.28. The minimum atomic E-state index is -1.02. The summed E-state index contributed by atoms with van der Waals surface area (Å²) in [4.78, 5) is 18.8. The van der Waals surface area contributed by atoms with Gasteiger partial charge in [0.1, 0.15) is 5.41 Å². The maximum absolute atomic E-state index is 11.9. The lowest BCUT2D eigenvalue weighted by atomic mass is 9.75. The summed E-state index contributed by atoms with van der Waals surface area (Å²) in [6.07, 6.45) is 4.72. The normalized spacial score (nSPS) is 13.9. The fourth-order valence-electron chi connectivity index (χ4n) is 2.53. The van der Waals surface area contributed by atoms with Gasteiger partial charge in [-0.2, -0.15) is 0 Å². The number of carboxylic acids is 1. The van der Waals surface area contributed by atoms with Crippen molar-refractivity contribution >= 4 is 17.6 Å². The Morgan fingerprint density at radius 2 is 2.20 bits per heavy atom. The summed E-state index contributed by atoms with van der Waals surface area (Å²) in [6.45, 7) is 1.97. The highest BCUT2D eigenvalue weighted by Crippen LogP contribution is 2.34. The van der Waals surface area contributed by atoms with E-state index in [2.05, 4.69) is 9.97 Å². The predicted molar refractivity (Wildman–Crippen MR) is 78.0 cm³/mol. The number of aromatic amines is 1. The SMILES string of the molecule is CCCC(Cc1ccccc1Cl)(C(=O)O)c1cnc[nH]1. The molecule has 0 aliphatic carbocycles. The minimum Gasteiger partial charge on any atom is -0.481 e. The largest absolute Gasteiger partial charge is 0.481 e. The van der Waals surface area contributed by atoms with Gasteiger partial charge in [0, 0.05) is 11.2 Å². The monoisotopic (exact) mass is 292 g/mol. The van der Waals surface area contributed by atoms with Crippen molar-refractivity contribution in [1.82, 2.24) is 9.97 Å². The van der Waals surface area contributed by atoms with E-state index in [1.54, 1.807) is 12.3 Å². The van der Waals surface area contributed by atoms with Crippen LogP contribution in [-0.2, 0) is 16.6 Å². The summed E-state index contributed by atoms with van der Waals surface area (Å²) in [6, 6.07) is 7.35. The van der Waals surface area contributed by atoms with Crippen molar-refractivity contribution in [1.29, 1.82) is 0 Å². The summed E-state index contributed by atoms with van der Waals surface area (Å²) in [5.41, 5.74) is 0.433. The maximum Gasteiger partial charge on any atom is 0.316 e. The van der Waals surface area contributed by atoms with Crippen molar-refractivity contribution in [3.8, 4) is 0 Å². The summed E-state index contributed by atoms with van der Waals surface area (Å²) < 4.78 is 0. The third-order valence-electron chi connectivity index (χ3n) is 3.55. The van der Waals surface area contributed by atoms with E-state index in [0.717, 1.165) is 12.0 Å². The number of nitrogens with one attached hydrogen (secondary N) is 1. The third kappa shape index (κ3) is 2.70. The van der Waals surface area contributed by atoms with Crippen molar-refractivity contribution in [2.24, 2.45) is 0 Å². The van der Waals surface area contributed by atoms with Gasteiger partial charge >= 0.3 is 5.97 Å². The number of rotatable bonds is 6. The molecular weight excluding hydrogens is 276 g/mol. The number of halogens is 1. The van der Waals surface area contributed by atoms with Gasteiger partial charge in [-0.1, -0.05) is 43.1 Å². The lowest BCUT2D eigenvalue weighted by Crippen LogP contribution is -2.38. The first-order valence-corrected chi connectivity index (χ1v) is 6.93. The van der Waals surface area contributed by atoms with Crippen LogP contribution in [0.2, 0.25) is 5.02 Å². The molecular formula is C15H17ClN2O2. The number of H-pyrrole nitrogens is 1. The molecule has 0 spiro atoms. The number of hydrogen-bond acceptors (Lipinski definition) is 2. The van der Waals surface area contributed by atoms with Crippen LogP contribution in [0.3, 0.4) is 0 Å². The fraction of sp³-hybridized carbons (Fsp3) is 0.333. The van der Waals surface area contributed by atoms with Crippen molar-refractivity contribution in [2.75, 3.05) is 0 Å². The van der Waals surface area contributed by atoms with Gasteiger partial charge in [0.25, 0.3) is 0 Å². The number of benzene rings is 1. The van der Waals surface area contributed by atoms with Crippen LogP contribution in [0, 0.1) is 0 Å². The molecule has 2 N–H and O–H groups in total. The summed E-state index contributed by atoms with van der Waals surface area (Å²) in [5.74, 6) is -0.858. The quantitative estimate of drug-likeness (QED) is 0.857. The summed E-state index contributed by atoms with van der Waals surface area (Å²) >= 11 is 6.18. The van der Waals surface area contributed by atoms with Crippen molar-refractivity contribution in [3.63, 3.8) is 0 Å². The number of nitrogens with zero attached hydrogens (tertiary/aromatic N) is 1. The first kappa shape index (κ1) is 14.6. The number of imidazole rings is 1. The Bertz CT molecular complexity index is 583. The molecule has 20 heavy (non-hydrogen) atoms. The van der Waals surface area contributed by atoms with E-state index in [1.807, 2.05) is 25.1 Å². The van der Waals surface area contributed by atoms with Crippen LogP contribution >= 0.6 is 11.6 Å². The maximum atomic E-state index is 11.9. The number of carboxylic acid groups (broad SMARTS) is 1. The second kappa shape index (κ2) is 6.09. The third-order valence-corrected chi connectivity index (χ3v) is 3.92. The van der Waals surface area contributed by atoms with E-state index < -0.39 is 11.4 Å². The zero-order chi connectivity index (χ0) is 14.6. The zero-order valence-electron chi connectivity index (χ0n) is 11.3. The molecule has 0 radical (unpaired) electrons. The number of aromatic nitrogens is 2. The van der Waals surface area contributed by atoms with Gasteiger partial charge in [-0.05, 0) is 24.5 Å². The molecule has 1 unspecified atom stereocenters. The molecule has 2 aromatic rings. The molecule has 0 amide bonds. The first-order chi connectivity index (χ1) is 9.60. The average Bonchev–Trinajstić information content (AvgIpc) is 2.94. The Labute approximate surface area is 122 Å². The second-order valence-electron chi connectivity index (χ2n) is 4.87. The highest BCUT2D eigenvalue weighted by molar-refractivity contribution is 6.31. The van der Waals surface area contributed by atoms with E-state index >= 15 is 0 Å². The van der Waals surface area contributed by atoms with Gasteiger partial charge in [-0.15, -0.1) is 0 Å². The summed E-state index contributed by atoms with van der Waals surface area (Å²) in [7, 11) is 0. The average molecular weight is 293 g/mol. The molecule has 0 aliphatic rings. The highest BCUT2D eigenvalue weighted by Gasteiger charge is 2.41. The molecule has 2 rings (SSSR count). The highest BCUT2D eigenvalue weighted by atomic mass is 35.5. The van der Waals surface area contributed by atoms with E-state index in [0.29, 0.717) is 23.6 Å². The number of carbonyl (C=O) groups is 1. The van der Waals surface area contributed by atoms with Crippen LogP contribution in [0.4, 0.5) is 0 Å². The van der Waals surface area contributed by atoms with Gasteiger partial charge in [0.15, 0.2) is 0 Å². The van der Waals surface area contributed by atoms with Crippen LogP contribution in [0.15, 0.2) is 36.8 Å². The van der Waals surface area contributed by atoms with Crippen LogP contribution in [0.5, 0.6) is 0 Å². The molecule has 0 saturated heterocycles. The second-order valence-corrected chi connectivity index (χ2v) is 5.28. The van der Waals surface area contributed by atoms with Gasteiger partial charge in [-0.25, -0.2) is 4.98 Å². The first-order valence-electron chi connectivity index (χ1n) is 6.56. The fourth-order valence-corrected chi connectivity index (χ4v) is 2.73. The van der Waals surface area contributed by atoms with Gasteiger partial charge in [-0.3, -0.25) is 4.79 Å². The summed E-state index contributed by atoms with van der Waals surface area (Å²) in [5, 5.41) is 10.4. The van der Waals surface area contributed by atoms with Gasteiger partial charge < -0.3 is 10.1 Å². The Kier molecular flexibility index (Phi) is 4.45. The van der Waals surface area contributed by atoms with Crippen molar-refractivity contribution < 1.29 is 9.90 Å². The predicted octanol–water partition coefficient (Wildman–Crippen LogP) is 3.43. The number of aliphatic carboxylic acids is 1. The molecule has 0 saturated carbocycles. The molecule has 0 fully saturated rings. The van der Waals surface area contributed by atoms with Crippen molar-refractivity contribution in [2.45, 2.75) is 31.6 Å². The van der Waals surface area contributed by atoms with Gasteiger partial charge in [0.05, 0.1) is 12.0 Å². The molecule has 1 aromatic heterocycles. The van der Waals surface area contributed by atoms with Gasteiger partial charge in [0.2, 0.25) is 0 Å². The van der Waals surface area contributed by atoms with Crippen LogP contribution in [0.25, 0.3) is 0 Å². The van der Waals surface area contributed by atoms with Crippen LogP contribution in [-0.4, -0.2) is 21.0 Å². The van der Waals surface area contributed by atoms with E-state index in [-0.39, 0.29) is 0 Å². The Morgan fingerprint density at radius 1 is 1.45 bits per heavy atom. The zero-order valence-corrected chi connectivity index (χ0v) is 12.0. The number of hydrogen-bond donors (Lipinski definition) is 2. The van der Waals surface area contributed by atoms with E-state index in [4.69, 9.17) is 11.6 Å². The van der Waals surface area contributed by atoms with Crippen LogP contribution in [0.1, 0.15) is 31.0 Å². The molecule has 106 valence electrons. The topological polar surface area (TPSA) is 66.0 Å². The van der Waals surface area contributed by atoms with E-state index in [1.165, 1.54) is 6.33 Å². The molecule has 1 aromatic carbocycles. The molecule has 4 nitrogen and oxygen atoms in total. The smallest absolute Gasteiger partial charge is 0.316 e. The minimum absolute atomic E-state index is 0.345. The van der Waals surface area contributed by atoms with Crippen molar-refractivity contribution in [3.05, 3.63) is 53.1 Å². The molecule has 1 heterocycles. The molecule has 5 heteroatoms. The van der Waals surface area contributed by atoms with Crippen LogP contribution < -0.4 is 0 Å². The molecule has 0 aliphatic heterocycles. The lowest BCUT2D eigenvalue weighted by molar-refractivity contribution is -0.144. The molecule has 1 atom stereocenters. The standard InChI is InChI=1S/C15H17ClN2O2/c1-2-7-15(14(19)20,13-9-17-10-18-13)8-11-5-3-4-6-12(11)16/h3-6,9-10H,2,7-8H2,1H3,(H,17,18)(H,19,20). The Morgan fingerprint density at radius 3 is 2.75 bits per heavy atom. The molecule has 0 bridgehead atoms. The van der Waals surface area contributed by atoms with E-state index in [9.17, 15) is 9.90 Å². The Balaban J connectivity index is 2.46.